The summed E-state index contributed by atoms with van der Waals surface area (Å²) >= 11 is 6.02. The van der Waals surface area contributed by atoms with Crippen molar-refractivity contribution in [2.45, 2.75) is 24.9 Å². The van der Waals surface area contributed by atoms with E-state index in [9.17, 15) is 0 Å². The van der Waals surface area contributed by atoms with Crippen LogP contribution < -0.4 is 4.74 Å². The first-order valence-electron chi connectivity index (χ1n) is 10.0. The van der Waals surface area contributed by atoms with Crippen LogP contribution in [0.25, 0.3) is 0 Å². The Kier molecular flexibility index (Phi) is 6.31. The van der Waals surface area contributed by atoms with Gasteiger partial charge in [0.05, 0.1) is 0 Å². The molecule has 3 aromatic rings. The highest BCUT2D eigenvalue weighted by atomic mass is 35.5. The third-order valence-electron chi connectivity index (χ3n) is 5.52. The van der Waals surface area contributed by atoms with Gasteiger partial charge in [0.2, 0.25) is 0 Å². The summed E-state index contributed by atoms with van der Waals surface area (Å²) in [6.07, 6.45) is 2.29. The summed E-state index contributed by atoms with van der Waals surface area (Å²) in [5, 5.41) is 0.739. The molecular weight excluding hydrogens is 366 g/mol. The average molecular weight is 392 g/mol. The summed E-state index contributed by atoms with van der Waals surface area (Å²) < 4.78 is 6.40. The molecule has 3 aromatic carbocycles. The van der Waals surface area contributed by atoms with Gasteiger partial charge in [0, 0.05) is 30.6 Å². The predicted octanol–water partition coefficient (Wildman–Crippen LogP) is 5.82. The fraction of sp³-hybridized carbons (Fsp3) is 0.280. The summed E-state index contributed by atoms with van der Waals surface area (Å²) in [4.78, 5) is 2.58. The Morgan fingerprint density at radius 1 is 0.857 bits per heavy atom. The van der Waals surface area contributed by atoms with E-state index in [-0.39, 0.29) is 6.10 Å². The molecule has 1 heterocycles. The van der Waals surface area contributed by atoms with E-state index >= 15 is 0 Å². The standard InChI is InChI=1S/C25H26ClNO/c26-22-11-13-23(14-12-22)28-25-16-18-27(17-15-20-7-3-1-4-8-20)19-24(25)21-9-5-2-6-10-21/h1-14,24-25H,15-19H2/t24-,25+/m1/s1. The lowest BCUT2D eigenvalue weighted by Gasteiger charge is -2.39. The number of hydrogen-bond donors (Lipinski definition) is 0. The summed E-state index contributed by atoms with van der Waals surface area (Å²) in [5.74, 6) is 1.26. The second-order valence-corrected chi connectivity index (χ2v) is 7.89. The minimum atomic E-state index is 0.177. The van der Waals surface area contributed by atoms with E-state index in [1.165, 1.54) is 11.1 Å². The fourth-order valence-corrected chi connectivity index (χ4v) is 4.11. The first kappa shape index (κ1) is 19.0. The Balaban J connectivity index is 1.46. The van der Waals surface area contributed by atoms with Gasteiger partial charge in [0.15, 0.2) is 0 Å². The molecule has 0 aliphatic carbocycles. The SMILES string of the molecule is Clc1ccc(O[C@H]2CCN(CCc3ccccc3)C[C@@H]2c2ccccc2)cc1. The second-order valence-electron chi connectivity index (χ2n) is 7.45. The molecule has 1 saturated heterocycles. The van der Waals surface area contributed by atoms with Crippen molar-refractivity contribution >= 4 is 11.6 Å². The van der Waals surface area contributed by atoms with Crippen molar-refractivity contribution in [3.05, 3.63) is 101 Å². The Labute approximate surface area is 172 Å². The smallest absolute Gasteiger partial charge is 0.119 e. The molecule has 3 heteroatoms. The lowest BCUT2D eigenvalue weighted by Crippen LogP contribution is -2.44. The van der Waals surface area contributed by atoms with Gasteiger partial charge in [-0.15, -0.1) is 0 Å². The van der Waals surface area contributed by atoms with Gasteiger partial charge in [-0.3, -0.25) is 0 Å². The summed E-state index contributed by atoms with van der Waals surface area (Å²) in [6, 6.07) is 29.2. The normalized spacial score (nSPS) is 20.0. The third-order valence-corrected chi connectivity index (χ3v) is 5.77. The van der Waals surface area contributed by atoms with Crippen LogP contribution in [-0.4, -0.2) is 30.6 Å². The number of hydrogen-bond acceptors (Lipinski definition) is 2. The zero-order valence-corrected chi connectivity index (χ0v) is 16.8. The number of nitrogens with zero attached hydrogens (tertiary/aromatic N) is 1. The maximum Gasteiger partial charge on any atom is 0.119 e. The zero-order valence-electron chi connectivity index (χ0n) is 16.0. The molecule has 0 unspecified atom stereocenters. The summed E-state index contributed by atoms with van der Waals surface area (Å²) in [7, 11) is 0. The molecule has 144 valence electrons. The van der Waals surface area contributed by atoms with E-state index in [2.05, 4.69) is 65.6 Å². The molecule has 0 amide bonds. The third kappa shape index (κ3) is 4.95. The molecular formula is C25H26ClNO. The van der Waals surface area contributed by atoms with E-state index < -0.39 is 0 Å². The van der Waals surface area contributed by atoms with Crippen LogP contribution >= 0.6 is 11.6 Å². The lowest BCUT2D eigenvalue weighted by atomic mass is 9.87. The molecule has 1 aliphatic heterocycles. The molecule has 0 bridgehead atoms. The number of rotatable bonds is 6. The Morgan fingerprint density at radius 3 is 2.25 bits per heavy atom. The predicted molar refractivity (Wildman–Crippen MR) is 116 cm³/mol. The van der Waals surface area contributed by atoms with Crippen LogP contribution in [-0.2, 0) is 6.42 Å². The minimum absolute atomic E-state index is 0.177. The molecule has 2 nitrogen and oxygen atoms in total. The van der Waals surface area contributed by atoms with Gasteiger partial charge in [-0.25, -0.2) is 0 Å². The van der Waals surface area contributed by atoms with E-state index in [1.54, 1.807) is 0 Å². The highest BCUT2D eigenvalue weighted by Gasteiger charge is 2.31. The van der Waals surface area contributed by atoms with Crippen LogP contribution in [0.1, 0.15) is 23.5 Å². The molecule has 0 radical (unpaired) electrons. The maximum atomic E-state index is 6.40. The summed E-state index contributed by atoms with van der Waals surface area (Å²) in [5.41, 5.74) is 2.75. The van der Waals surface area contributed by atoms with Crippen LogP contribution in [0.15, 0.2) is 84.9 Å². The Morgan fingerprint density at radius 2 is 1.54 bits per heavy atom. The number of ether oxygens (including phenoxy) is 1. The van der Waals surface area contributed by atoms with E-state index in [0.29, 0.717) is 5.92 Å². The molecule has 0 saturated carbocycles. The molecule has 4 rings (SSSR count). The number of benzene rings is 3. The minimum Gasteiger partial charge on any atom is -0.490 e. The number of piperidine rings is 1. The Hall–Kier alpha value is -2.29. The van der Waals surface area contributed by atoms with Gasteiger partial charge in [0.1, 0.15) is 11.9 Å². The molecule has 28 heavy (non-hydrogen) atoms. The number of halogens is 1. The van der Waals surface area contributed by atoms with Crippen molar-refractivity contribution in [1.82, 2.24) is 4.90 Å². The monoisotopic (exact) mass is 391 g/mol. The summed E-state index contributed by atoms with van der Waals surface area (Å²) in [6.45, 7) is 3.17. The van der Waals surface area contributed by atoms with Gasteiger partial charge in [-0.1, -0.05) is 72.3 Å². The quantitative estimate of drug-likeness (QED) is 0.525. The molecule has 1 aliphatic rings. The van der Waals surface area contributed by atoms with Gasteiger partial charge < -0.3 is 9.64 Å². The number of likely N-dealkylation sites (tertiary alicyclic amines) is 1. The van der Waals surface area contributed by atoms with E-state index in [4.69, 9.17) is 16.3 Å². The highest BCUT2D eigenvalue weighted by Crippen LogP contribution is 2.31. The molecule has 0 aromatic heterocycles. The first-order valence-corrected chi connectivity index (χ1v) is 10.4. The van der Waals surface area contributed by atoms with Gasteiger partial charge >= 0.3 is 0 Å². The topological polar surface area (TPSA) is 12.5 Å². The van der Waals surface area contributed by atoms with Crippen LogP contribution in [0.4, 0.5) is 0 Å². The largest absolute Gasteiger partial charge is 0.490 e. The zero-order chi connectivity index (χ0) is 19.2. The van der Waals surface area contributed by atoms with Crippen molar-refractivity contribution in [3.63, 3.8) is 0 Å². The van der Waals surface area contributed by atoms with Crippen LogP contribution in [0.2, 0.25) is 5.02 Å². The van der Waals surface area contributed by atoms with Crippen molar-refractivity contribution in [3.8, 4) is 5.75 Å². The van der Waals surface area contributed by atoms with E-state index in [0.717, 1.165) is 43.2 Å². The fourth-order valence-electron chi connectivity index (χ4n) is 3.98. The van der Waals surface area contributed by atoms with Crippen molar-refractivity contribution < 1.29 is 4.74 Å². The highest BCUT2D eigenvalue weighted by molar-refractivity contribution is 6.30. The van der Waals surface area contributed by atoms with Crippen LogP contribution in [0.5, 0.6) is 5.75 Å². The first-order chi connectivity index (χ1) is 13.8. The van der Waals surface area contributed by atoms with Gasteiger partial charge in [0.25, 0.3) is 0 Å². The van der Waals surface area contributed by atoms with Crippen LogP contribution in [0.3, 0.4) is 0 Å². The average Bonchev–Trinajstić information content (AvgIpc) is 2.76. The molecule has 1 fully saturated rings. The van der Waals surface area contributed by atoms with Crippen molar-refractivity contribution in [2.24, 2.45) is 0 Å². The Bertz CT molecular complexity index is 851. The van der Waals surface area contributed by atoms with E-state index in [1.807, 2.05) is 24.3 Å². The molecule has 2 atom stereocenters. The van der Waals surface area contributed by atoms with Crippen LogP contribution in [0, 0.1) is 0 Å². The second kappa shape index (κ2) is 9.27. The molecule has 0 spiro atoms. The van der Waals surface area contributed by atoms with Gasteiger partial charge in [-0.05, 0) is 48.2 Å². The van der Waals surface area contributed by atoms with Crippen molar-refractivity contribution in [1.29, 1.82) is 0 Å². The molecule has 0 N–H and O–H groups in total. The van der Waals surface area contributed by atoms with Crippen molar-refractivity contribution in [2.75, 3.05) is 19.6 Å². The maximum absolute atomic E-state index is 6.40. The van der Waals surface area contributed by atoms with Gasteiger partial charge in [-0.2, -0.15) is 0 Å². The lowest BCUT2D eigenvalue weighted by molar-refractivity contribution is 0.0783.